The Kier molecular flexibility index (Phi) is 4.37. The molecule has 1 aromatic heterocycles. The third kappa shape index (κ3) is 2.98. The normalized spacial score (nSPS) is 24.5. The molecule has 126 valence electrons. The molecule has 1 aliphatic heterocycles. The quantitative estimate of drug-likeness (QED) is 0.810. The van der Waals surface area contributed by atoms with Crippen molar-refractivity contribution in [2.24, 2.45) is 5.92 Å². The zero-order valence-electron chi connectivity index (χ0n) is 13.6. The Balaban J connectivity index is 1.77. The summed E-state index contributed by atoms with van der Waals surface area (Å²) in [6.45, 7) is 0. The van der Waals surface area contributed by atoms with E-state index in [1.807, 2.05) is 30.3 Å². The maximum atomic E-state index is 12.5. The summed E-state index contributed by atoms with van der Waals surface area (Å²) in [4.78, 5) is 18.5. The first-order valence-corrected chi connectivity index (χ1v) is 9.19. The number of nitrogens with one attached hydrogen (secondary N) is 2. The standard InChI is InChI=1S/C19H22N2O2S/c22-18-16-14(20-19(24)21-18)11-15(12-7-3-1-4-8-12)23-17(16)13-9-5-2-6-10-13/h2,5-6,9-10,12,15,17H,1,3-4,7-8,11H2,(H2,20,21,22,24). The SMILES string of the molecule is O=c1[nH]c(=S)[nH]c2c1C(c1ccccc1)OC(C1CCCCC1)C2. The lowest BCUT2D eigenvalue weighted by atomic mass is 9.81. The van der Waals surface area contributed by atoms with Crippen LogP contribution < -0.4 is 5.56 Å². The minimum absolute atomic E-state index is 0.135. The highest BCUT2D eigenvalue weighted by atomic mass is 32.1. The highest BCUT2D eigenvalue weighted by Gasteiger charge is 2.36. The van der Waals surface area contributed by atoms with Gasteiger partial charge < -0.3 is 9.72 Å². The Labute approximate surface area is 146 Å². The summed E-state index contributed by atoms with van der Waals surface area (Å²) >= 11 is 5.18. The fourth-order valence-corrected chi connectivity index (χ4v) is 4.35. The molecule has 2 unspecified atom stereocenters. The number of H-pyrrole nitrogens is 2. The number of fused-ring (bicyclic) bond motifs is 1. The Morgan fingerprint density at radius 1 is 1.04 bits per heavy atom. The average Bonchev–Trinajstić information content (AvgIpc) is 2.62. The summed E-state index contributed by atoms with van der Waals surface area (Å²) in [5.41, 5.74) is 2.52. The number of rotatable bonds is 2. The Morgan fingerprint density at radius 3 is 2.54 bits per heavy atom. The Hall–Kier alpha value is -1.72. The predicted molar refractivity (Wildman–Crippen MR) is 95.7 cm³/mol. The smallest absolute Gasteiger partial charge is 0.258 e. The summed E-state index contributed by atoms with van der Waals surface area (Å²) in [6, 6.07) is 10.0. The average molecular weight is 342 g/mol. The van der Waals surface area contributed by atoms with Gasteiger partial charge in [0.2, 0.25) is 0 Å². The van der Waals surface area contributed by atoms with Crippen molar-refractivity contribution in [2.75, 3.05) is 0 Å². The molecule has 1 fully saturated rings. The van der Waals surface area contributed by atoms with Gasteiger partial charge in [0, 0.05) is 12.1 Å². The van der Waals surface area contributed by atoms with Gasteiger partial charge in [-0.25, -0.2) is 0 Å². The second-order valence-electron chi connectivity index (χ2n) is 6.87. The summed E-state index contributed by atoms with van der Waals surface area (Å²) in [7, 11) is 0. The highest BCUT2D eigenvalue weighted by Crippen LogP contribution is 2.38. The molecular weight excluding hydrogens is 320 g/mol. The van der Waals surface area contributed by atoms with Crippen molar-refractivity contribution in [3.05, 3.63) is 62.3 Å². The lowest BCUT2D eigenvalue weighted by molar-refractivity contribution is -0.0475. The maximum Gasteiger partial charge on any atom is 0.258 e. The van der Waals surface area contributed by atoms with Crippen molar-refractivity contribution in [1.29, 1.82) is 0 Å². The second-order valence-corrected chi connectivity index (χ2v) is 7.28. The molecule has 2 aliphatic rings. The van der Waals surface area contributed by atoms with Gasteiger partial charge in [-0.05, 0) is 36.5 Å². The zero-order valence-corrected chi connectivity index (χ0v) is 14.4. The van der Waals surface area contributed by atoms with Crippen LogP contribution in [0.15, 0.2) is 35.1 Å². The molecule has 0 saturated heterocycles. The van der Waals surface area contributed by atoms with E-state index in [-0.39, 0.29) is 17.8 Å². The van der Waals surface area contributed by atoms with Crippen LogP contribution in [-0.2, 0) is 11.2 Å². The van der Waals surface area contributed by atoms with E-state index in [0.717, 1.165) is 17.7 Å². The van der Waals surface area contributed by atoms with E-state index in [4.69, 9.17) is 17.0 Å². The number of aromatic nitrogens is 2. The van der Waals surface area contributed by atoms with Gasteiger partial charge >= 0.3 is 0 Å². The molecule has 24 heavy (non-hydrogen) atoms. The topological polar surface area (TPSA) is 57.9 Å². The van der Waals surface area contributed by atoms with Gasteiger partial charge in [-0.15, -0.1) is 0 Å². The van der Waals surface area contributed by atoms with Gasteiger partial charge in [0.15, 0.2) is 4.77 Å². The molecule has 2 heterocycles. The van der Waals surface area contributed by atoms with E-state index < -0.39 is 0 Å². The Morgan fingerprint density at radius 2 is 1.79 bits per heavy atom. The molecule has 5 heteroatoms. The maximum absolute atomic E-state index is 12.5. The molecular formula is C19H22N2O2S. The van der Waals surface area contributed by atoms with Gasteiger partial charge in [-0.3, -0.25) is 9.78 Å². The van der Waals surface area contributed by atoms with Gasteiger partial charge in [0.25, 0.3) is 5.56 Å². The molecule has 1 aliphatic carbocycles. The molecule has 4 nitrogen and oxygen atoms in total. The largest absolute Gasteiger partial charge is 0.365 e. The number of ether oxygens (including phenoxy) is 1. The predicted octanol–water partition coefficient (Wildman–Crippen LogP) is 4.04. The first-order chi connectivity index (χ1) is 11.7. The van der Waals surface area contributed by atoms with Crippen LogP contribution in [-0.4, -0.2) is 16.1 Å². The minimum Gasteiger partial charge on any atom is -0.365 e. The fraction of sp³-hybridized carbons (Fsp3) is 0.474. The van der Waals surface area contributed by atoms with Crippen LogP contribution in [0.1, 0.15) is 55.0 Å². The molecule has 0 bridgehead atoms. The number of benzene rings is 1. The lowest BCUT2D eigenvalue weighted by Crippen LogP contribution is -2.38. The van der Waals surface area contributed by atoms with E-state index in [0.29, 0.717) is 16.3 Å². The molecule has 1 saturated carbocycles. The van der Waals surface area contributed by atoms with Gasteiger partial charge in [0.1, 0.15) is 6.10 Å². The third-order valence-electron chi connectivity index (χ3n) is 5.32. The van der Waals surface area contributed by atoms with E-state index >= 15 is 0 Å². The lowest BCUT2D eigenvalue weighted by Gasteiger charge is -2.37. The summed E-state index contributed by atoms with van der Waals surface area (Å²) in [6.07, 6.45) is 6.88. The van der Waals surface area contributed by atoms with Crippen molar-refractivity contribution < 1.29 is 4.74 Å². The van der Waals surface area contributed by atoms with Crippen LogP contribution in [0, 0.1) is 10.7 Å². The zero-order chi connectivity index (χ0) is 16.5. The highest BCUT2D eigenvalue weighted by molar-refractivity contribution is 7.71. The molecule has 0 spiro atoms. The van der Waals surface area contributed by atoms with E-state index in [1.165, 1.54) is 32.1 Å². The van der Waals surface area contributed by atoms with Crippen LogP contribution in [0.5, 0.6) is 0 Å². The van der Waals surface area contributed by atoms with E-state index in [2.05, 4.69) is 9.97 Å². The number of hydrogen-bond acceptors (Lipinski definition) is 3. The molecule has 1 aromatic carbocycles. The van der Waals surface area contributed by atoms with Crippen molar-refractivity contribution >= 4 is 12.2 Å². The molecule has 0 amide bonds. The van der Waals surface area contributed by atoms with Gasteiger partial charge in [-0.1, -0.05) is 49.6 Å². The van der Waals surface area contributed by atoms with Gasteiger partial charge in [0.05, 0.1) is 11.7 Å². The molecule has 2 N–H and O–H groups in total. The third-order valence-corrected chi connectivity index (χ3v) is 5.52. The van der Waals surface area contributed by atoms with Gasteiger partial charge in [-0.2, -0.15) is 0 Å². The van der Waals surface area contributed by atoms with E-state index in [1.54, 1.807) is 0 Å². The van der Waals surface area contributed by atoms with E-state index in [9.17, 15) is 4.79 Å². The summed E-state index contributed by atoms with van der Waals surface area (Å²) < 4.78 is 6.88. The van der Waals surface area contributed by atoms with Crippen LogP contribution in [0.3, 0.4) is 0 Å². The van der Waals surface area contributed by atoms with Crippen LogP contribution in [0.25, 0.3) is 0 Å². The summed E-state index contributed by atoms with van der Waals surface area (Å²) in [5.74, 6) is 0.569. The first-order valence-electron chi connectivity index (χ1n) is 8.78. The van der Waals surface area contributed by atoms with Crippen molar-refractivity contribution in [3.63, 3.8) is 0 Å². The van der Waals surface area contributed by atoms with Crippen molar-refractivity contribution in [2.45, 2.75) is 50.7 Å². The van der Waals surface area contributed by atoms with Crippen LogP contribution in [0.4, 0.5) is 0 Å². The summed E-state index contributed by atoms with van der Waals surface area (Å²) in [5, 5.41) is 0. The van der Waals surface area contributed by atoms with Crippen molar-refractivity contribution in [3.8, 4) is 0 Å². The number of hydrogen-bond donors (Lipinski definition) is 2. The fourth-order valence-electron chi connectivity index (χ4n) is 4.13. The second kappa shape index (κ2) is 6.65. The van der Waals surface area contributed by atoms with Crippen LogP contribution in [0.2, 0.25) is 0 Å². The molecule has 0 radical (unpaired) electrons. The van der Waals surface area contributed by atoms with Crippen molar-refractivity contribution in [1.82, 2.24) is 9.97 Å². The minimum atomic E-state index is -0.322. The molecule has 2 atom stereocenters. The Bertz CT molecular complexity index is 821. The first kappa shape index (κ1) is 15.8. The monoisotopic (exact) mass is 342 g/mol. The molecule has 2 aromatic rings. The number of aromatic amines is 2. The molecule has 4 rings (SSSR count). The van der Waals surface area contributed by atoms with Crippen LogP contribution >= 0.6 is 12.2 Å².